The molecule has 1 aromatic heterocycles. The van der Waals surface area contributed by atoms with Crippen molar-refractivity contribution in [3.63, 3.8) is 0 Å². The molecule has 0 bridgehead atoms. The van der Waals surface area contributed by atoms with E-state index in [0.717, 1.165) is 10.8 Å². The van der Waals surface area contributed by atoms with Gasteiger partial charge in [-0.25, -0.2) is 4.98 Å². The molecule has 0 unspecified atom stereocenters. The Bertz CT molecular complexity index is 316. The minimum atomic E-state index is -0.457. The molecule has 1 heterocycles. The molecule has 15 heavy (non-hydrogen) atoms. The zero-order valence-corrected chi connectivity index (χ0v) is 9.20. The van der Waals surface area contributed by atoms with E-state index in [9.17, 15) is 10.1 Å². The summed E-state index contributed by atoms with van der Waals surface area (Å²) in [7, 11) is 0. The van der Waals surface area contributed by atoms with Gasteiger partial charge in [-0.15, -0.1) is 11.8 Å². The highest BCUT2D eigenvalue weighted by atomic mass is 32.2. The number of nitrogens with zero attached hydrogens (tertiary/aromatic N) is 2. The van der Waals surface area contributed by atoms with Gasteiger partial charge in [0.15, 0.2) is 0 Å². The van der Waals surface area contributed by atoms with Gasteiger partial charge in [0.05, 0.1) is 16.6 Å². The first kappa shape index (κ1) is 11.9. The van der Waals surface area contributed by atoms with Gasteiger partial charge in [0.2, 0.25) is 0 Å². The summed E-state index contributed by atoms with van der Waals surface area (Å²) in [5.74, 6) is 0.804. The molecule has 82 valence electrons. The van der Waals surface area contributed by atoms with Crippen molar-refractivity contribution in [2.24, 2.45) is 0 Å². The molecular weight excluding hydrogens is 216 g/mol. The molecule has 0 N–H and O–H groups in total. The molecule has 0 amide bonds. The van der Waals surface area contributed by atoms with Crippen LogP contribution in [0.15, 0.2) is 23.4 Å². The molecule has 0 saturated heterocycles. The van der Waals surface area contributed by atoms with Crippen LogP contribution >= 0.6 is 11.8 Å². The summed E-state index contributed by atoms with van der Waals surface area (Å²) in [4.78, 5) is 13.9. The van der Waals surface area contributed by atoms with Crippen molar-refractivity contribution < 1.29 is 9.66 Å². The van der Waals surface area contributed by atoms with Crippen LogP contribution in [0.5, 0.6) is 0 Å². The van der Waals surface area contributed by atoms with Gasteiger partial charge in [0, 0.05) is 18.4 Å². The second-order valence-corrected chi connectivity index (χ2v) is 3.77. The predicted molar refractivity (Wildman–Crippen MR) is 58.1 cm³/mol. The predicted octanol–water partition coefficient (Wildman–Crippen LogP) is 2.12. The number of thioether (sulfide) groups is 1. The summed E-state index contributed by atoms with van der Waals surface area (Å²) in [6.07, 6.45) is 1.27. The number of rotatable bonds is 6. The van der Waals surface area contributed by atoms with Crippen molar-refractivity contribution >= 4 is 17.4 Å². The summed E-state index contributed by atoms with van der Waals surface area (Å²) < 4.78 is 5.16. The highest BCUT2D eigenvalue weighted by Gasteiger charge is 2.04. The van der Waals surface area contributed by atoms with Gasteiger partial charge >= 0.3 is 0 Å². The fourth-order valence-electron chi connectivity index (χ4n) is 0.915. The minimum absolute atomic E-state index is 0.0177. The van der Waals surface area contributed by atoms with Crippen molar-refractivity contribution in [3.8, 4) is 0 Å². The van der Waals surface area contributed by atoms with Gasteiger partial charge in [0.1, 0.15) is 6.20 Å². The molecule has 0 atom stereocenters. The first-order chi connectivity index (χ1) is 7.24. The number of nitro groups is 1. The number of hydrogen-bond acceptors (Lipinski definition) is 5. The van der Waals surface area contributed by atoms with Crippen LogP contribution in [-0.4, -0.2) is 28.9 Å². The zero-order chi connectivity index (χ0) is 11.1. The number of pyridine rings is 1. The topological polar surface area (TPSA) is 65.3 Å². The van der Waals surface area contributed by atoms with Crippen LogP contribution in [0.4, 0.5) is 5.69 Å². The summed E-state index contributed by atoms with van der Waals surface area (Å²) in [5, 5.41) is 11.1. The standard InChI is InChI=1S/C9H12N2O3S/c1-2-14-5-6-15-9-4-3-8(7-10-9)11(12)13/h3-4,7H,2,5-6H2,1H3. The maximum atomic E-state index is 10.4. The van der Waals surface area contributed by atoms with Crippen LogP contribution in [0.2, 0.25) is 0 Å². The lowest BCUT2D eigenvalue weighted by Gasteiger charge is -2.00. The van der Waals surface area contributed by atoms with Crippen LogP contribution in [0.1, 0.15) is 6.92 Å². The first-order valence-electron chi connectivity index (χ1n) is 4.55. The smallest absolute Gasteiger partial charge is 0.287 e. The van der Waals surface area contributed by atoms with Crippen molar-refractivity contribution in [1.29, 1.82) is 0 Å². The second kappa shape index (κ2) is 6.36. The first-order valence-corrected chi connectivity index (χ1v) is 5.53. The molecular formula is C9H12N2O3S. The summed E-state index contributed by atoms with van der Waals surface area (Å²) >= 11 is 1.52. The molecule has 0 fully saturated rings. The quantitative estimate of drug-likeness (QED) is 0.323. The number of aromatic nitrogens is 1. The highest BCUT2D eigenvalue weighted by molar-refractivity contribution is 7.99. The largest absolute Gasteiger partial charge is 0.381 e. The van der Waals surface area contributed by atoms with Crippen molar-refractivity contribution in [1.82, 2.24) is 4.98 Å². The van der Waals surface area contributed by atoms with Crippen LogP contribution in [0.3, 0.4) is 0 Å². The Hall–Kier alpha value is -1.14. The third-order valence-corrected chi connectivity index (χ3v) is 2.52. The second-order valence-electron chi connectivity index (χ2n) is 2.66. The molecule has 0 aliphatic carbocycles. The van der Waals surface area contributed by atoms with Crippen molar-refractivity contribution in [2.75, 3.05) is 19.0 Å². The Kier molecular flexibility index (Phi) is 5.06. The third-order valence-electron chi connectivity index (χ3n) is 1.61. The molecule has 0 aliphatic rings. The van der Waals surface area contributed by atoms with Gasteiger partial charge in [-0.2, -0.15) is 0 Å². The average Bonchev–Trinajstić information content (AvgIpc) is 2.25. The fourth-order valence-corrected chi connectivity index (χ4v) is 1.62. The van der Waals surface area contributed by atoms with Gasteiger partial charge in [-0.05, 0) is 13.0 Å². The molecule has 0 spiro atoms. The molecule has 1 rings (SSSR count). The van der Waals surface area contributed by atoms with E-state index in [4.69, 9.17) is 4.74 Å². The minimum Gasteiger partial charge on any atom is -0.381 e. The van der Waals surface area contributed by atoms with E-state index in [2.05, 4.69) is 4.98 Å². The lowest BCUT2D eigenvalue weighted by atomic mass is 10.4. The fraction of sp³-hybridized carbons (Fsp3) is 0.444. The molecule has 0 radical (unpaired) electrons. The lowest BCUT2D eigenvalue weighted by molar-refractivity contribution is -0.385. The molecule has 6 heteroatoms. The van der Waals surface area contributed by atoms with E-state index in [1.165, 1.54) is 24.0 Å². The maximum Gasteiger partial charge on any atom is 0.287 e. The van der Waals surface area contributed by atoms with E-state index >= 15 is 0 Å². The molecule has 0 aliphatic heterocycles. The molecule has 1 aromatic rings. The van der Waals surface area contributed by atoms with Gasteiger partial charge in [0.25, 0.3) is 5.69 Å². The summed E-state index contributed by atoms with van der Waals surface area (Å²) in [5.41, 5.74) is 0.0177. The van der Waals surface area contributed by atoms with Crippen molar-refractivity contribution in [3.05, 3.63) is 28.4 Å². The molecule has 0 saturated carbocycles. The maximum absolute atomic E-state index is 10.4. The monoisotopic (exact) mass is 228 g/mol. The van der Waals surface area contributed by atoms with Gasteiger partial charge in [-0.3, -0.25) is 10.1 Å². The highest BCUT2D eigenvalue weighted by Crippen LogP contribution is 2.17. The van der Waals surface area contributed by atoms with E-state index in [0.29, 0.717) is 13.2 Å². The summed E-state index contributed by atoms with van der Waals surface area (Å²) in [6.45, 7) is 3.31. The van der Waals surface area contributed by atoms with Crippen LogP contribution in [0.25, 0.3) is 0 Å². The zero-order valence-electron chi connectivity index (χ0n) is 8.38. The number of hydrogen-bond donors (Lipinski definition) is 0. The van der Waals surface area contributed by atoms with E-state index in [-0.39, 0.29) is 5.69 Å². The van der Waals surface area contributed by atoms with E-state index in [1.54, 1.807) is 6.07 Å². The Labute approximate surface area is 92.0 Å². The Morgan fingerprint density at radius 2 is 2.40 bits per heavy atom. The van der Waals surface area contributed by atoms with E-state index in [1.807, 2.05) is 6.92 Å². The van der Waals surface area contributed by atoms with Crippen LogP contribution in [0, 0.1) is 10.1 Å². The van der Waals surface area contributed by atoms with Gasteiger partial charge in [-0.1, -0.05) is 0 Å². The summed E-state index contributed by atoms with van der Waals surface area (Å²) in [6, 6.07) is 3.10. The molecule has 0 aromatic carbocycles. The Balaban J connectivity index is 2.39. The van der Waals surface area contributed by atoms with E-state index < -0.39 is 4.92 Å². The lowest BCUT2D eigenvalue weighted by Crippen LogP contribution is -1.96. The Morgan fingerprint density at radius 3 is 2.93 bits per heavy atom. The molecule has 5 nitrogen and oxygen atoms in total. The van der Waals surface area contributed by atoms with Crippen LogP contribution < -0.4 is 0 Å². The normalized spacial score (nSPS) is 10.2. The van der Waals surface area contributed by atoms with Crippen molar-refractivity contribution in [2.45, 2.75) is 11.9 Å². The number of ether oxygens (including phenoxy) is 1. The van der Waals surface area contributed by atoms with Gasteiger partial charge < -0.3 is 4.74 Å². The van der Waals surface area contributed by atoms with Crippen LogP contribution in [-0.2, 0) is 4.74 Å². The Morgan fingerprint density at radius 1 is 1.60 bits per heavy atom. The third kappa shape index (κ3) is 4.26. The SMILES string of the molecule is CCOCCSc1ccc([N+](=O)[O-])cn1. The average molecular weight is 228 g/mol.